The van der Waals surface area contributed by atoms with E-state index in [-0.39, 0.29) is 44.6 Å². The number of rotatable bonds is 28. The zero-order valence-electron chi connectivity index (χ0n) is 36.6. The summed E-state index contributed by atoms with van der Waals surface area (Å²) in [5.41, 5.74) is 25.5. The molecule has 354 valence electrons. The zero-order valence-corrected chi connectivity index (χ0v) is 36.6. The molecule has 4 rings (SSSR count). The fourth-order valence-electron chi connectivity index (χ4n) is 7.15. The van der Waals surface area contributed by atoms with Crippen LogP contribution in [0.3, 0.4) is 0 Å². The second-order valence-corrected chi connectivity index (χ2v) is 15.9. The van der Waals surface area contributed by atoms with Crippen molar-refractivity contribution in [2.75, 3.05) is 13.1 Å². The molecule has 6 atom stereocenters. The van der Waals surface area contributed by atoms with E-state index in [1.165, 1.54) is 0 Å². The summed E-state index contributed by atoms with van der Waals surface area (Å²) < 4.78 is 0. The number of nitrogens with one attached hydrogen (secondary N) is 6. The Morgan fingerprint density at radius 2 is 1.08 bits per heavy atom. The molecule has 0 saturated carbocycles. The third-order valence-electron chi connectivity index (χ3n) is 10.7. The van der Waals surface area contributed by atoms with Crippen LogP contribution in [0.25, 0.3) is 10.9 Å². The molecule has 0 fully saturated rings. The van der Waals surface area contributed by atoms with Gasteiger partial charge in [0.05, 0.1) is 6.04 Å². The smallest absolute Gasteiger partial charge is 0.326 e. The van der Waals surface area contributed by atoms with Crippen molar-refractivity contribution in [3.8, 4) is 0 Å². The Labute approximate surface area is 382 Å². The number of carbonyl (C=O) groups is 7. The van der Waals surface area contributed by atoms with Crippen LogP contribution < -0.4 is 49.5 Å². The number of H-pyrrole nitrogens is 1. The third-order valence-corrected chi connectivity index (χ3v) is 10.7. The monoisotopic (exact) mass is 911 g/mol. The van der Waals surface area contributed by atoms with E-state index >= 15 is 0 Å². The molecule has 20 heteroatoms. The maximum atomic E-state index is 14.7. The first-order valence-corrected chi connectivity index (χ1v) is 21.8. The van der Waals surface area contributed by atoms with Crippen molar-refractivity contribution in [1.82, 2.24) is 31.6 Å². The zero-order chi connectivity index (χ0) is 48.0. The SMILES string of the molecule is NCCCC[C@H](N)C(=O)N[C@@H](CCCN=C(N)N)C(=O)N[C@@H](Cc1c[nH]c2ccccc12)C(=O)N[C@@H](Cc1ccccc1)C(=O)N[C@@H](Cc1ccccc1)C(=O)N[C@@H](CCC(=O)O)C(=O)O. The van der Waals surface area contributed by atoms with Crippen molar-refractivity contribution < 1.29 is 43.8 Å². The van der Waals surface area contributed by atoms with Crippen LogP contribution in [0.2, 0.25) is 0 Å². The molecular formula is C46H61N11O9. The number of nitrogens with two attached hydrogens (primary N) is 4. The van der Waals surface area contributed by atoms with Crippen molar-refractivity contribution in [3.63, 3.8) is 0 Å². The fourth-order valence-corrected chi connectivity index (χ4v) is 7.15. The number of fused-ring (bicyclic) bond motifs is 1. The molecule has 0 bridgehead atoms. The first kappa shape index (κ1) is 51.3. The van der Waals surface area contributed by atoms with Gasteiger partial charge < -0.3 is 64.7 Å². The molecule has 1 aromatic heterocycles. The van der Waals surface area contributed by atoms with E-state index in [9.17, 15) is 43.8 Å². The summed E-state index contributed by atoms with van der Waals surface area (Å²) in [5.74, 6) is -6.68. The van der Waals surface area contributed by atoms with Gasteiger partial charge in [-0.1, -0.05) is 85.3 Å². The van der Waals surface area contributed by atoms with Crippen molar-refractivity contribution >= 4 is 58.3 Å². The predicted octanol–water partition coefficient (Wildman–Crippen LogP) is 0.0791. The number of hydrogen-bond acceptors (Lipinski definition) is 10. The molecule has 0 aliphatic heterocycles. The number of aliphatic imine (C=N–C) groups is 1. The fraction of sp³-hybridized carbons (Fsp3) is 0.391. The second-order valence-electron chi connectivity index (χ2n) is 15.9. The molecule has 5 amide bonds. The van der Waals surface area contributed by atoms with Crippen LogP contribution in [-0.4, -0.2) is 112 Å². The van der Waals surface area contributed by atoms with Crippen LogP contribution in [0.1, 0.15) is 61.6 Å². The lowest BCUT2D eigenvalue weighted by atomic mass is 10.00. The molecule has 0 radical (unpaired) electrons. The molecule has 3 aromatic carbocycles. The lowest BCUT2D eigenvalue weighted by Gasteiger charge is -2.27. The number of guanidine groups is 1. The highest BCUT2D eigenvalue weighted by molar-refractivity contribution is 5.97. The number of unbranched alkanes of at least 4 members (excludes halogenated alkanes) is 1. The third kappa shape index (κ3) is 17.0. The van der Waals surface area contributed by atoms with Crippen LogP contribution in [0.4, 0.5) is 0 Å². The van der Waals surface area contributed by atoms with E-state index < -0.39 is 90.6 Å². The molecule has 1 heterocycles. The average molecular weight is 912 g/mol. The summed E-state index contributed by atoms with van der Waals surface area (Å²) in [6.45, 7) is 0.563. The molecule has 0 spiro atoms. The number of carbonyl (C=O) groups excluding carboxylic acids is 5. The molecule has 66 heavy (non-hydrogen) atoms. The minimum Gasteiger partial charge on any atom is -0.481 e. The molecule has 0 unspecified atom stereocenters. The quantitative estimate of drug-likeness (QED) is 0.0204. The van der Waals surface area contributed by atoms with Gasteiger partial charge in [0.2, 0.25) is 29.5 Å². The van der Waals surface area contributed by atoms with E-state index in [1.807, 2.05) is 24.3 Å². The number of carboxylic acids is 2. The Morgan fingerprint density at radius 1 is 0.576 bits per heavy atom. The van der Waals surface area contributed by atoms with Gasteiger partial charge in [-0.15, -0.1) is 0 Å². The minimum atomic E-state index is -1.58. The topological polar surface area (TPSA) is 352 Å². The maximum Gasteiger partial charge on any atom is 0.326 e. The molecule has 20 nitrogen and oxygen atoms in total. The maximum absolute atomic E-state index is 14.7. The molecule has 16 N–H and O–H groups in total. The summed E-state index contributed by atoms with van der Waals surface area (Å²) in [6, 6.07) is 16.9. The second kappa shape index (κ2) is 26.5. The van der Waals surface area contributed by atoms with Gasteiger partial charge in [0.1, 0.15) is 30.2 Å². The van der Waals surface area contributed by atoms with E-state index in [1.54, 1.807) is 66.9 Å². The van der Waals surface area contributed by atoms with Gasteiger partial charge in [-0.25, -0.2) is 4.79 Å². The Balaban J connectivity index is 1.68. The first-order chi connectivity index (χ1) is 31.6. The summed E-state index contributed by atoms with van der Waals surface area (Å²) in [7, 11) is 0. The molecule has 0 aliphatic rings. The average Bonchev–Trinajstić information content (AvgIpc) is 3.70. The van der Waals surface area contributed by atoms with Crippen LogP contribution in [0, 0.1) is 0 Å². The number of benzene rings is 3. The Hall–Kier alpha value is -7.32. The van der Waals surface area contributed by atoms with Gasteiger partial charge in [-0.2, -0.15) is 0 Å². The number of nitrogens with zero attached hydrogens (tertiary/aromatic N) is 1. The van der Waals surface area contributed by atoms with Gasteiger partial charge in [-0.3, -0.25) is 33.8 Å². The number of aliphatic carboxylic acids is 2. The van der Waals surface area contributed by atoms with E-state index in [0.29, 0.717) is 42.5 Å². The van der Waals surface area contributed by atoms with Crippen molar-refractivity contribution in [2.24, 2.45) is 27.9 Å². The van der Waals surface area contributed by atoms with Gasteiger partial charge in [-0.05, 0) is 61.4 Å². The predicted molar refractivity (Wildman–Crippen MR) is 247 cm³/mol. The van der Waals surface area contributed by atoms with Gasteiger partial charge in [0.15, 0.2) is 5.96 Å². The number of aromatic nitrogens is 1. The number of amides is 5. The van der Waals surface area contributed by atoms with Gasteiger partial charge >= 0.3 is 11.9 Å². The molecular weight excluding hydrogens is 851 g/mol. The number of carboxylic acid groups (broad SMARTS) is 2. The number of aromatic amines is 1. The van der Waals surface area contributed by atoms with Crippen LogP contribution in [0.5, 0.6) is 0 Å². The van der Waals surface area contributed by atoms with Crippen LogP contribution >= 0.6 is 0 Å². The molecule has 0 saturated heterocycles. The first-order valence-electron chi connectivity index (χ1n) is 21.8. The summed E-state index contributed by atoms with van der Waals surface area (Å²) in [5, 5.41) is 33.1. The minimum absolute atomic E-state index is 0.0637. The van der Waals surface area contributed by atoms with Gasteiger partial charge in [0, 0.05) is 49.3 Å². The summed E-state index contributed by atoms with van der Waals surface area (Å²) in [4.78, 5) is 101. The van der Waals surface area contributed by atoms with Crippen LogP contribution in [-0.2, 0) is 52.8 Å². The highest BCUT2D eigenvalue weighted by Gasteiger charge is 2.34. The lowest BCUT2D eigenvalue weighted by molar-refractivity contribution is -0.143. The van der Waals surface area contributed by atoms with Crippen molar-refractivity contribution in [2.45, 2.75) is 100 Å². The standard InChI is InChI=1S/C46H61N11O9/c47-22-10-9-17-32(48)40(60)53-34(19-11-23-51-46(49)50)41(61)57-38(26-30-27-52-33-18-8-7-16-31(30)33)44(64)56-37(25-29-14-5-2-6-15-29)43(63)55-36(24-28-12-3-1-4-13-28)42(62)54-35(45(65)66)20-21-39(58)59/h1-8,12-16,18,27,32,34-38,52H,9-11,17,19-26,47-48H2,(H,53,60)(H,54,62)(H,55,63)(H,56,64)(H,57,61)(H,58,59)(H,65,66)(H4,49,50,51)/t32-,34-,35-,36-,37-,38-/m0/s1. The van der Waals surface area contributed by atoms with E-state index in [0.717, 1.165) is 10.9 Å². The Kier molecular flexibility index (Phi) is 20.6. The molecule has 0 aliphatic carbocycles. The Morgan fingerprint density at radius 3 is 1.61 bits per heavy atom. The lowest BCUT2D eigenvalue weighted by Crippen LogP contribution is -2.60. The van der Waals surface area contributed by atoms with Crippen molar-refractivity contribution in [3.05, 3.63) is 108 Å². The largest absolute Gasteiger partial charge is 0.481 e. The van der Waals surface area contributed by atoms with Gasteiger partial charge in [0.25, 0.3) is 0 Å². The van der Waals surface area contributed by atoms with Crippen molar-refractivity contribution in [1.29, 1.82) is 0 Å². The normalized spacial score (nSPS) is 13.7. The summed E-state index contributed by atoms with van der Waals surface area (Å²) >= 11 is 0. The van der Waals surface area contributed by atoms with E-state index in [4.69, 9.17) is 22.9 Å². The number of hydrogen-bond donors (Lipinski definition) is 12. The van der Waals surface area contributed by atoms with Crippen LogP contribution in [0.15, 0.2) is 96.1 Å². The summed E-state index contributed by atoms with van der Waals surface area (Å²) in [6.07, 6.45) is 2.39. The molecule has 4 aromatic rings. The number of para-hydroxylation sites is 1. The van der Waals surface area contributed by atoms with E-state index in [2.05, 4.69) is 36.6 Å². The highest BCUT2D eigenvalue weighted by atomic mass is 16.4. The highest BCUT2D eigenvalue weighted by Crippen LogP contribution is 2.20. The Bertz CT molecular complexity index is 2270.